The molecule has 2 N–H and O–H groups in total. The molecule has 126 valence electrons. The summed E-state index contributed by atoms with van der Waals surface area (Å²) < 4.78 is 4.58. The van der Waals surface area contributed by atoms with Gasteiger partial charge in [0.15, 0.2) is 0 Å². The van der Waals surface area contributed by atoms with Gasteiger partial charge in [-0.05, 0) is 35.9 Å². The lowest BCUT2D eigenvalue weighted by Gasteiger charge is -2.02. The molecule has 0 saturated carbocycles. The third-order valence-corrected chi connectivity index (χ3v) is 3.31. The molecule has 0 amide bonds. The average molecular weight is 338 g/mol. The molecule has 25 heavy (non-hydrogen) atoms. The minimum atomic E-state index is -1.46. The number of carbonyl (C=O) groups excluding carboxylic acids is 2. The van der Waals surface area contributed by atoms with Crippen LogP contribution in [-0.4, -0.2) is 35.0 Å². The van der Waals surface area contributed by atoms with E-state index in [4.69, 9.17) is 5.11 Å². The van der Waals surface area contributed by atoms with Crippen LogP contribution >= 0.6 is 0 Å². The number of ketones is 1. The highest BCUT2D eigenvalue weighted by Gasteiger charge is 2.12. The normalized spacial score (nSPS) is 9.64. The highest BCUT2D eigenvalue weighted by Crippen LogP contribution is 2.19. The molecule has 6 nitrogen and oxygen atoms in total. The molecule has 0 saturated heterocycles. The monoisotopic (exact) mass is 338 g/mol. The first-order valence-corrected chi connectivity index (χ1v) is 7.19. The molecule has 0 aliphatic carbocycles. The third-order valence-electron chi connectivity index (χ3n) is 3.31. The van der Waals surface area contributed by atoms with Crippen molar-refractivity contribution in [2.45, 2.75) is 6.42 Å². The van der Waals surface area contributed by atoms with E-state index >= 15 is 0 Å². The predicted octanol–water partition coefficient (Wildman–Crippen LogP) is 1.77. The standard InChI is InChI=1S/C19H14O6/c1-25-19(24)15-10-13(8-9-16(15)20)5-2-12-3-6-14(7-4-12)11-17(21)18(22)23/h3-4,6-10,20H,11H2,1H3,(H,22,23). The van der Waals surface area contributed by atoms with Crippen LogP contribution in [0.5, 0.6) is 5.75 Å². The second kappa shape index (κ2) is 7.79. The number of carboxylic acid groups (broad SMARTS) is 1. The number of benzene rings is 2. The zero-order valence-electron chi connectivity index (χ0n) is 13.3. The van der Waals surface area contributed by atoms with E-state index in [9.17, 15) is 19.5 Å². The van der Waals surface area contributed by atoms with Gasteiger partial charge in [0.2, 0.25) is 5.78 Å². The van der Waals surface area contributed by atoms with Crippen LogP contribution in [0.1, 0.15) is 27.0 Å². The van der Waals surface area contributed by atoms with Gasteiger partial charge < -0.3 is 14.9 Å². The fourth-order valence-corrected chi connectivity index (χ4v) is 2.00. The average Bonchev–Trinajstić information content (AvgIpc) is 2.61. The maximum absolute atomic E-state index is 11.5. The summed E-state index contributed by atoms with van der Waals surface area (Å²) in [5.74, 6) is 2.55. The number of aliphatic carboxylic acids is 1. The number of methoxy groups -OCH3 is 1. The van der Waals surface area contributed by atoms with Crippen LogP contribution in [0.2, 0.25) is 0 Å². The summed E-state index contributed by atoms with van der Waals surface area (Å²) in [5, 5.41) is 18.2. The number of carbonyl (C=O) groups is 3. The summed E-state index contributed by atoms with van der Waals surface area (Å²) in [6.45, 7) is 0. The number of esters is 1. The molecule has 0 heterocycles. The maximum atomic E-state index is 11.5. The van der Waals surface area contributed by atoms with Gasteiger partial charge >= 0.3 is 11.9 Å². The van der Waals surface area contributed by atoms with Gasteiger partial charge in [0, 0.05) is 17.5 Å². The third kappa shape index (κ3) is 4.69. The van der Waals surface area contributed by atoms with E-state index in [1.54, 1.807) is 30.3 Å². The molecule has 0 aliphatic heterocycles. The van der Waals surface area contributed by atoms with E-state index in [0.29, 0.717) is 16.7 Å². The predicted molar refractivity (Wildman–Crippen MR) is 88.2 cm³/mol. The number of rotatable bonds is 4. The maximum Gasteiger partial charge on any atom is 0.372 e. The summed E-state index contributed by atoms with van der Waals surface area (Å²) in [6.07, 6.45) is -0.177. The van der Waals surface area contributed by atoms with E-state index in [1.807, 2.05) is 0 Å². The van der Waals surface area contributed by atoms with Crippen LogP contribution in [0.4, 0.5) is 0 Å². The molecule has 6 heteroatoms. The molecule has 0 bridgehead atoms. The Morgan fingerprint density at radius 1 is 1.00 bits per heavy atom. The first-order valence-electron chi connectivity index (χ1n) is 7.19. The van der Waals surface area contributed by atoms with Crippen LogP contribution in [0.15, 0.2) is 42.5 Å². The van der Waals surface area contributed by atoms with Crippen molar-refractivity contribution in [3.8, 4) is 17.6 Å². The van der Waals surface area contributed by atoms with Gasteiger partial charge in [-0.15, -0.1) is 0 Å². The molecular formula is C19H14O6. The van der Waals surface area contributed by atoms with E-state index in [-0.39, 0.29) is 17.7 Å². The molecule has 0 aromatic heterocycles. The van der Waals surface area contributed by atoms with Crippen molar-refractivity contribution < 1.29 is 29.3 Å². The first kappa shape index (κ1) is 17.8. The molecule has 0 unspecified atom stereocenters. The minimum absolute atomic E-state index is 0.0248. The van der Waals surface area contributed by atoms with Crippen LogP contribution < -0.4 is 0 Å². The number of hydrogen-bond acceptors (Lipinski definition) is 5. The summed E-state index contributed by atoms with van der Waals surface area (Å²) in [7, 11) is 1.22. The van der Waals surface area contributed by atoms with Crippen LogP contribution in [0.3, 0.4) is 0 Å². The van der Waals surface area contributed by atoms with Crippen molar-refractivity contribution in [1.82, 2.24) is 0 Å². The summed E-state index contributed by atoms with van der Waals surface area (Å²) in [6, 6.07) is 10.9. The molecule has 0 fully saturated rings. The first-order chi connectivity index (χ1) is 11.9. The highest BCUT2D eigenvalue weighted by atomic mass is 16.5. The molecule has 0 spiro atoms. The number of phenols is 1. The smallest absolute Gasteiger partial charge is 0.372 e. The van der Waals surface area contributed by atoms with E-state index < -0.39 is 17.7 Å². The quantitative estimate of drug-likeness (QED) is 0.501. The van der Waals surface area contributed by atoms with Gasteiger partial charge in [0.1, 0.15) is 11.3 Å². The van der Waals surface area contributed by atoms with Crippen molar-refractivity contribution >= 4 is 17.7 Å². The van der Waals surface area contributed by atoms with Crippen molar-refractivity contribution in [2.24, 2.45) is 0 Å². The van der Waals surface area contributed by atoms with Crippen LogP contribution in [-0.2, 0) is 20.7 Å². The lowest BCUT2D eigenvalue weighted by atomic mass is 10.1. The molecule has 2 aromatic rings. The van der Waals surface area contributed by atoms with Gasteiger partial charge in [0.25, 0.3) is 0 Å². The fraction of sp³-hybridized carbons (Fsp3) is 0.105. The molecule has 0 radical (unpaired) electrons. The largest absolute Gasteiger partial charge is 0.507 e. The Morgan fingerprint density at radius 3 is 2.20 bits per heavy atom. The van der Waals surface area contributed by atoms with Gasteiger partial charge in [-0.1, -0.05) is 24.0 Å². The summed E-state index contributed by atoms with van der Waals surface area (Å²) in [4.78, 5) is 33.2. The topological polar surface area (TPSA) is 101 Å². The van der Waals surface area contributed by atoms with E-state index in [1.165, 1.54) is 19.2 Å². The zero-order chi connectivity index (χ0) is 18.4. The van der Waals surface area contributed by atoms with Crippen LogP contribution in [0.25, 0.3) is 0 Å². The molecule has 2 aromatic carbocycles. The number of Topliss-reactive ketones (excluding diaryl/α,β-unsaturated/α-hetero) is 1. The van der Waals surface area contributed by atoms with Crippen molar-refractivity contribution in [1.29, 1.82) is 0 Å². The Hall–Kier alpha value is -3.59. The van der Waals surface area contributed by atoms with E-state index in [2.05, 4.69) is 16.6 Å². The summed E-state index contributed by atoms with van der Waals surface area (Å²) >= 11 is 0. The van der Waals surface area contributed by atoms with Gasteiger partial charge in [-0.3, -0.25) is 4.79 Å². The van der Waals surface area contributed by atoms with E-state index in [0.717, 1.165) is 0 Å². The SMILES string of the molecule is COC(=O)c1cc(C#Cc2ccc(CC(=O)C(=O)O)cc2)ccc1O. The van der Waals surface area contributed by atoms with Crippen molar-refractivity contribution in [3.63, 3.8) is 0 Å². The van der Waals surface area contributed by atoms with Crippen molar-refractivity contribution in [2.75, 3.05) is 7.11 Å². The lowest BCUT2D eigenvalue weighted by molar-refractivity contribution is -0.148. The molecular weight excluding hydrogens is 324 g/mol. The number of ether oxygens (including phenoxy) is 1. The molecule has 2 rings (SSSR count). The number of hydrogen-bond donors (Lipinski definition) is 2. The minimum Gasteiger partial charge on any atom is -0.507 e. The Kier molecular flexibility index (Phi) is 5.54. The lowest BCUT2D eigenvalue weighted by Crippen LogP contribution is -2.14. The number of carboxylic acids is 1. The Bertz CT molecular complexity index is 884. The number of phenolic OH excluding ortho intramolecular Hbond substituents is 1. The summed E-state index contributed by atoms with van der Waals surface area (Å²) in [5.41, 5.74) is 1.77. The van der Waals surface area contributed by atoms with Gasteiger partial charge in [-0.2, -0.15) is 0 Å². The van der Waals surface area contributed by atoms with Crippen LogP contribution in [0, 0.1) is 11.8 Å². The second-order valence-corrected chi connectivity index (χ2v) is 5.08. The highest BCUT2D eigenvalue weighted by molar-refractivity contribution is 6.33. The number of aromatic hydroxyl groups is 1. The Balaban J connectivity index is 2.17. The Labute approximate surface area is 143 Å². The molecule has 0 aliphatic rings. The molecule has 0 atom stereocenters. The van der Waals surface area contributed by atoms with Crippen molar-refractivity contribution in [3.05, 3.63) is 64.7 Å². The second-order valence-electron chi connectivity index (χ2n) is 5.08. The van der Waals surface area contributed by atoms with Gasteiger partial charge in [-0.25, -0.2) is 9.59 Å². The Morgan fingerprint density at radius 2 is 1.60 bits per heavy atom. The zero-order valence-corrected chi connectivity index (χ0v) is 13.3. The van der Waals surface area contributed by atoms with Gasteiger partial charge in [0.05, 0.1) is 7.11 Å². The fourth-order valence-electron chi connectivity index (χ4n) is 2.00.